The number of nitrogens with two attached hydrogens (primary N) is 1. The molecule has 3 heterocycles. The van der Waals surface area contributed by atoms with Gasteiger partial charge in [0.15, 0.2) is 0 Å². The van der Waals surface area contributed by atoms with E-state index in [9.17, 15) is 0 Å². The van der Waals surface area contributed by atoms with Crippen LogP contribution in [0.5, 0.6) is 0 Å². The van der Waals surface area contributed by atoms with Gasteiger partial charge in [0.25, 0.3) is 0 Å². The SMILES string of the molecule is CC1CN(C2CCOC3(CCOCC3)C2)CC(CN)O1. The second-order valence-electron chi connectivity index (χ2n) is 6.55. The molecule has 0 aliphatic carbocycles. The van der Waals surface area contributed by atoms with Gasteiger partial charge in [0, 0.05) is 45.5 Å². The Hall–Kier alpha value is -0.200. The smallest absolute Gasteiger partial charge is 0.0828 e. The van der Waals surface area contributed by atoms with E-state index in [-0.39, 0.29) is 17.8 Å². The van der Waals surface area contributed by atoms with E-state index in [1.54, 1.807) is 0 Å². The van der Waals surface area contributed by atoms with Gasteiger partial charge in [0.2, 0.25) is 0 Å². The Kier molecular flexibility index (Phi) is 4.62. The summed E-state index contributed by atoms with van der Waals surface area (Å²) in [6.45, 7) is 7.33. The first kappa shape index (κ1) is 14.7. The van der Waals surface area contributed by atoms with Gasteiger partial charge >= 0.3 is 0 Å². The van der Waals surface area contributed by atoms with E-state index in [1.807, 2.05) is 0 Å². The summed E-state index contributed by atoms with van der Waals surface area (Å²) < 4.78 is 17.5. The Balaban J connectivity index is 1.63. The normalized spacial score (nSPS) is 39.0. The van der Waals surface area contributed by atoms with Crippen molar-refractivity contribution >= 4 is 0 Å². The molecular formula is C15H28N2O3. The van der Waals surface area contributed by atoms with Crippen LogP contribution in [0.1, 0.15) is 32.6 Å². The van der Waals surface area contributed by atoms with Crippen molar-refractivity contribution in [1.82, 2.24) is 4.90 Å². The molecule has 5 heteroatoms. The Morgan fingerprint density at radius 1 is 1.20 bits per heavy atom. The van der Waals surface area contributed by atoms with E-state index < -0.39 is 0 Å². The van der Waals surface area contributed by atoms with Crippen molar-refractivity contribution in [2.45, 2.75) is 56.5 Å². The van der Waals surface area contributed by atoms with Gasteiger partial charge in [0.1, 0.15) is 0 Å². The van der Waals surface area contributed by atoms with Gasteiger partial charge in [-0.05, 0) is 32.6 Å². The highest BCUT2D eigenvalue weighted by Crippen LogP contribution is 2.36. The summed E-state index contributed by atoms with van der Waals surface area (Å²) in [5.41, 5.74) is 5.87. The summed E-state index contributed by atoms with van der Waals surface area (Å²) in [6, 6.07) is 0.613. The summed E-state index contributed by atoms with van der Waals surface area (Å²) in [6.07, 6.45) is 4.83. The van der Waals surface area contributed by atoms with Crippen LogP contribution in [0.15, 0.2) is 0 Å². The van der Waals surface area contributed by atoms with Crippen LogP contribution in [0.25, 0.3) is 0 Å². The second kappa shape index (κ2) is 6.28. The first-order chi connectivity index (χ1) is 9.71. The fourth-order valence-corrected chi connectivity index (χ4v) is 3.91. The van der Waals surface area contributed by atoms with Crippen LogP contribution in [0.3, 0.4) is 0 Å². The highest BCUT2D eigenvalue weighted by atomic mass is 16.5. The van der Waals surface area contributed by atoms with Crippen LogP contribution >= 0.6 is 0 Å². The highest BCUT2D eigenvalue weighted by molar-refractivity contribution is 4.94. The zero-order valence-corrected chi connectivity index (χ0v) is 12.6. The first-order valence-electron chi connectivity index (χ1n) is 8.02. The van der Waals surface area contributed by atoms with E-state index in [4.69, 9.17) is 19.9 Å². The van der Waals surface area contributed by atoms with E-state index in [0.717, 1.165) is 58.6 Å². The molecule has 20 heavy (non-hydrogen) atoms. The average Bonchev–Trinajstić information content (AvgIpc) is 2.47. The molecule has 0 aromatic heterocycles. The number of nitrogens with zero attached hydrogens (tertiary/aromatic N) is 1. The van der Waals surface area contributed by atoms with Crippen LogP contribution < -0.4 is 5.73 Å². The fourth-order valence-electron chi connectivity index (χ4n) is 3.91. The molecule has 3 atom stereocenters. The van der Waals surface area contributed by atoms with E-state index >= 15 is 0 Å². The lowest BCUT2D eigenvalue weighted by molar-refractivity contribution is -0.164. The third-order valence-electron chi connectivity index (χ3n) is 5.00. The largest absolute Gasteiger partial charge is 0.381 e. The van der Waals surface area contributed by atoms with Gasteiger partial charge in [-0.1, -0.05) is 0 Å². The van der Waals surface area contributed by atoms with Crippen molar-refractivity contribution in [1.29, 1.82) is 0 Å². The number of morpholine rings is 1. The highest BCUT2D eigenvalue weighted by Gasteiger charge is 2.42. The standard InChI is InChI=1S/C15H28N2O3/c1-12-10-17(11-14(9-16)20-12)13-2-5-19-15(8-13)3-6-18-7-4-15/h12-14H,2-11,16H2,1H3. The zero-order valence-electron chi connectivity index (χ0n) is 12.6. The van der Waals surface area contributed by atoms with E-state index in [0.29, 0.717) is 12.6 Å². The van der Waals surface area contributed by atoms with Gasteiger partial charge in [-0.3, -0.25) is 4.90 Å². The maximum absolute atomic E-state index is 6.14. The molecule has 2 N–H and O–H groups in total. The molecule has 0 saturated carbocycles. The summed E-state index contributed by atoms with van der Waals surface area (Å²) >= 11 is 0. The minimum Gasteiger partial charge on any atom is -0.381 e. The molecule has 3 aliphatic heterocycles. The van der Waals surface area contributed by atoms with Gasteiger partial charge in [0.05, 0.1) is 17.8 Å². The molecule has 3 fully saturated rings. The third kappa shape index (κ3) is 3.17. The summed E-state index contributed by atoms with van der Waals surface area (Å²) in [7, 11) is 0. The fraction of sp³-hybridized carbons (Fsp3) is 1.00. The molecule has 116 valence electrons. The third-order valence-corrected chi connectivity index (χ3v) is 5.00. The van der Waals surface area contributed by atoms with Crippen molar-refractivity contribution in [2.75, 3.05) is 39.5 Å². The number of rotatable bonds is 2. The van der Waals surface area contributed by atoms with Crippen molar-refractivity contribution < 1.29 is 14.2 Å². The van der Waals surface area contributed by atoms with Crippen molar-refractivity contribution in [2.24, 2.45) is 5.73 Å². The Labute approximate surface area is 121 Å². The number of ether oxygens (including phenoxy) is 3. The van der Waals surface area contributed by atoms with Gasteiger partial charge in [-0.25, -0.2) is 0 Å². The monoisotopic (exact) mass is 284 g/mol. The Morgan fingerprint density at radius 2 is 2.00 bits per heavy atom. The molecule has 3 unspecified atom stereocenters. The minimum atomic E-state index is 0.0704. The maximum Gasteiger partial charge on any atom is 0.0828 e. The Bertz CT molecular complexity index is 315. The van der Waals surface area contributed by atoms with Crippen LogP contribution in [0, 0.1) is 0 Å². The summed E-state index contributed by atoms with van der Waals surface area (Å²) in [4.78, 5) is 2.59. The molecule has 0 aromatic carbocycles. The first-order valence-corrected chi connectivity index (χ1v) is 8.02. The molecule has 5 nitrogen and oxygen atoms in total. The topological polar surface area (TPSA) is 57.0 Å². The summed E-state index contributed by atoms with van der Waals surface area (Å²) in [5, 5.41) is 0. The van der Waals surface area contributed by atoms with Gasteiger partial charge in [-0.2, -0.15) is 0 Å². The van der Waals surface area contributed by atoms with Crippen molar-refractivity contribution in [3.8, 4) is 0 Å². The van der Waals surface area contributed by atoms with Crippen LogP contribution in [0.4, 0.5) is 0 Å². The molecule has 0 amide bonds. The molecule has 1 spiro atoms. The molecule has 0 radical (unpaired) electrons. The average molecular weight is 284 g/mol. The molecular weight excluding hydrogens is 256 g/mol. The Morgan fingerprint density at radius 3 is 2.75 bits per heavy atom. The van der Waals surface area contributed by atoms with E-state index in [2.05, 4.69) is 11.8 Å². The van der Waals surface area contributed by atoms with Crippen molar-refractivity contribution in [3.05, 3.63) is 0 Å². The lowest BCUT2D eigenvalue weighted by Crippen LogP contribution is -2.57. The predicted octanol–water partition coefficient (Wildman–Crippen LogP) is 0.763. The summed E-state index contributed by atoms with van der Waals surface area (Å²) in [5.74, 6) is 0. The van der Waals surface area contributed by atoms with E-state index in [1.165, 1.54) is 0 Å². The predicted molar refractivity (Wildman–Crippen MR) is 76.7 cm³/mol. The molecule has 0 bridgehead atoms. The second-order valence-corrected chi connectivity index (χ2v) is 6.55. The lowest BCUT2D eigenvalue weighted by atomic mass is 9.83. The van der Waals surface area contributed by atoms with Crippen LogP contribution in [0.2, 0.25) is 0 Å². The zero-order chi connectivity index (χ0) is 14.0. The van der Waals surface area contributed by atoms with Crippen LogP contribution in [-0.4, -0.2) is 68.2 Å². The molecule has 0 aromatic rings. The molecule has 3 saturated heterocycles. The van der Waals surface area contributed by atoms with Gasteiger partial charge in [-0.15, -0.1) is 0 Å². The minimum absolute atomic E-state index is 0.0704. The number of hydrogen-bond acceptors (Lipinski definition) is 5. The quantitative estimate of drug-likeness (QED) is 0.811. The van der Waals surface area contributed by atoms with Crippen molar-refractivity contribution in [3.63, 3.8) is 0 Å². The molecule has 3 rings (SSSR count). The van der Waals surface area contributed by atoms with Crippen LogP contribution in [-0.2, 0) is 14.2 Å². The lowest BCUT2D eigenvalue weighted by Gasteiger charge is -2.48. The van der Waals surface area contributed by atoms with Gasteiger partial charge < -0.3 is 19.9 Å². The number of hydrogen-bond donors (Lipinski definition) is 1. The molecule has 3 aliphatic rings. The maximum atomic E-state index is 6.14.